The predicted molar refractivity (Wildman–Crippen MR) is 69.3 cm³/mol. The van der Waals surface area contributed by atoms with Crippen molar-refractivity contribution in [2.75, 3.05) is 13.1 Å². The fourth-order valence-electron chi connectivity index (χ4n) is 2.38. The van der Waals surface area contributed by atoms with Gasteiger partial charge in [-0.1, -0.05) is 12.1 Å². The second-order valence-electron chi connectivity index (χ2n) is 4.80. The number of alkyl halides is 2. The number of rotatable bonds is 4. The number of carbonyl (C=O) groups is 2. The lowest BCUT2D eigenvalue weighted by atomic mass is 9.97. The molecule has 0 unspecified atom stereocenters. The highest BCUT2D eigenvalue weighted by atomic mass is 19.3. The SMILES string of the molecule is O=C(O)[C@@H]1CCCN(C(=O)c2ccccc2OC(F)F)C1. The molecule has 1 aromatic rings. The van der Waals surface area contributed by atoms with Crippen LogP contribution in [0.25, 0.3) is 0 Å². The van der Waals surface area contributed by atoms with E-state index in [1.165, 1.54) is 23.1 Å². The maximum absolute atomic E-state index is 12.4. The van der Waals surface area contributed by atoms with Gasteiger partial charge in [-0.15, -0.1) is 0 Å². The van der Waals surface area contributed by atoms with Gasteiger partial charge in [-0.25, -0.2) is 0 Å². The van der Waals surface area contributed by atoms with Gasteiger partial charge in [0.25, 0.3) is 5.91 Å². The largest absolute Gasteiger partial charge is 0.481 e. The van der Waals surface area contributed by atoms with Gasteiger partial charge in [0.2, 0.25) is 0 Å². The minimum Gasteiger partial charge on any atom is -0.481 e. The number of carboxylic acids is 1. The topological polar surface area (TPSA) is 66.8 Å². The molecule has 5 nitrogen and oxygen atoms in total. The second-order valence-corrected chi connectivity index (χ2v) is 4.80. The molecule has 0 bridgehead atoms. The third kappa shape index (κ3) is 3.68. The van der Waals surface area contributed by atoms with Crippen molar-refractivity contribution < 1.29 is 28.2 Å². The maximum atomic E-state index is 12.4. The van der Waals surface area contributed by atoms with Crippen LogP contribution in [0.5, 0.6) is 5.75 Å². The number of halogens is 2. The number of carboxylic acid groups (broad SMARTS) is 1. The monoisotopic (exact) mass is 299 g/mol. The fraction of sp³-hybridized carbons (Fsp3) is 0.429. The quantitative estimate of drug-likeness (QED) is 0.925. The van der Waals surface area contributed by atoms with Gasteiger partial charge in [0, 0.05) is 13.1 Å². The number of carbonyl (C=O) groups excluding carboxylic acids is 1. The number of benzene rings is 1. The molecule has 1 saturated heterocycles. The Bertz CT molecular complexity index is 535. The number of hydrogen-bond donors (Lipinski definition) is 1. The first-order valence-corrected chi connectivity index (χ1v) is 6.55. The van der Waals surface area contributed by atoms with Gasteiger partial charge in [0.05, 0.1) is 11.5 Å². The van der Waals surface area contributed by atoms with Crippen molar-refractivity contribution in [2.45, 2.75) is 19.5 Å². The van der Waals surface area contributed by atoms with Gasteiger partial charge in [-0.05, 0) is 25.0 Å². The Balaban J connectivity index is 2.18. The summed E-state index contributed by atoms with van der Waals surface area (Å²) >= 11 is 0. The lowest BCUT2D eigenvalue weighted by Gasteiger charge is -2.31. The van der Waals surface area contributed by atoms with E-state index < -0.39 is 24.4 Å². The van der Waals surface area contributed by atoms with Crippen molar-refractivity contribution in [1.82, 2.24) is 4.90 Å². The first-order chi connectivity index (χ1) is 9.99. The third-order valence-corrected chi connectivity index (χ3v) is 3.39. The molecule has 1 N–H and O–H groups in total. The lowest BCUT2D eigenvalue weighted by Crippen LogP contribution is -2.42. The minimum absolute atomic E-state index is 0.0174. The highest BCUT2D eigenvalue weighted by Gasteiger charge is 2.30. The number of para-hydroxylation sites is 1. The molecule has 1 fully saturated rings. The van der Waals surface area contributed by atoms with Crippen LogP contribution >= 0.6 is 0 Å². The van der Waals surface area contributed by atoms with Crippen LogP contribution in [0.4, 0.5) is 8.78 Å². The summed E-state index contributed by atoms with van der Waals surface area (Å²) in [5.74, 6) is -2.26. The van der Waals surface area contributed by atoms with E-state index >= 15 is 0 Å². The second kappa shape index (κ2) is 6.51. The van der Waals surface area contributed by atoms with Crippen molar-refractivity contribution in [1.29, 1.82) is 0 Å². The summed E-state index contributed by atoms with van der Waals surface area (Å²) in [5.41, 5.74) is 0.0174. The van der Waals surface area contributed by atoms with Crippen LogP contribution in [0.2, 0.25) is 0 Å². The van der Waals surface area contributed by atoms with Gasteiger partial charge in [-0.3, -0.25) is 9.59 Å². The molecule has 1 aliphatic heterocycles. The first-order valence-electron chi connectivity index (χ1n) is 6.55. The summed E-state index contributed by atoms with van der Waals surface area (Å²) in [5, 5.41) is 9.02. The summed E-state index contributed by atoms with van der Waals surface area (Å²) in [6.45, 7) is -2.53. The van der Waals surface area contributed by atoms with E-state index in [1.54, 1.807) is 6.07 Å². The van der Waals surface area contributed by atoms with E-state index in [-0.39, 0.29) is 17.9 Å². The summed E-state index contributed by atoms with van der Waals surface area (Å²) in [6, 6.07) is 5.72. The molecule has 1 heterocycles. The Kier molecular flexibility index (Phi) is 4.72. The van der Waals surface area contributed by atoms with Crippen LogP contribution in [-0.2, 0) is 4.79 Å². The molecule has 1 aromatic carbocycles. The summed E-state index contributed by atoms with van der Waals surface area (Å²) in [4.78, 5) is 24.8. The average molecular weight is 299 g/mol. The number of hydrogen-bond acceptors (Lipinski definition) is 3. The third-order valence-electron chi connectivity index (χ3n) is 3.39. The minimum atomic E-state index is -3.02. The number of amides is 1. The molecule has 21 heavy (non-hydrogen) atoms. The van der Waals surface area contributed by atoms with Crippen molar-refractivity contribution >= 4 is 11.9 Å². The van der Waals surface area contributed by atoms with Crippen molar-refractivity contribution in [2.24, 2.45) is 5.92 Å². The highest BCUT2D eigenvalue weighted by molar-refractivity contribution is 5.97. The Morgan fingerprint density at radius 2 is 2.05 bits per heavy atom. The van der Waals surface area contributed by atoms with E-state index in [1.807, 2.05) is 0 Å². The normalized spacial score (nSPS) is 18.6. The van der Waals surface area contributed by atoms with E-state index in [2.05, 4.69) is 4.74 Å². The zero-order valence-electron chi connectivity index (χ0n) is 11.2. The smallest absolute Gasteiger partial charge is 0.387 e. The molecular weight excluding hydrogens is 284 g/mol. The van der Waals surface area contributed by atoms with E-state index in [4.69, 9.17) is 5.11 Å². The van der Waals surface area contributed by atoms with Gasteiger partial charge < -0.3 is 14.7 Å². The molecule has 2 rings (SSSR count). The van der Waals surface area contributed by atoms with Crippen LogP contribution in [0.3, 0.4) is 0 Å². The Morgan fingerprint density at radius 1 is 1.33 bits per heavy atom. The van der Waals surface area contributed by atoms with Gasteiger partial charge in [-0.2, -0.15) is 8.78 Å². The molecule has 1 aliphatic rings. The van der Waals surface area contributed by atoms with Gasteiger partial charge >= 0.3 is 12.6 Å². The summed E-state index contributed by atoms with van der Waals surface area (Å²) in [6.07, 6.45) is 1.08. The number of likely N-dealkylation sites (tertiary alicyclic amines) is 1. The zero-order chi connectivity index (χ0) is 15.4. The van der Waals surface area contributed by atoms with E-state index in [9.17, 15) is 18.4 Å². The molecular formula is C14H15F2NO4. The maximum Gasteiger partial charge on any atom is 0.387 e. The molecule has 1 amide bonds. The molecule has 1 atom stereocenters. The molecule has 114 valence electrons. The van der Waals surface area contributed by atoms with Crippen LogP contribution < -0.4 is 4.74 Å². The zero-order valence-corrected chi connectivity index (χ0v) is 11.2. The molecule has 0 radical (unpaired) electrons. The van der Waals surface area contributed by atoms with Gasteiger partial charge in [0.1, 0.15) is 5.75 Å². The fourth-order valence-corrected chi connectivity index (χ4v) is 2.38. The number of ether oxygens (including phenoxy) is 1. The molecule has 0 spiro atoms. The Labute approximate surface area is 120 Å². The van der Waals surface area contributed by atoms with Crippen molar-refractivity contribution in [3.63, 3.8) is 0 Å². The lowest BCUT2D eigenvalue weighted by molar-refractivity contribution is -0.143. The number of nitrogens with zero attached hydrogens (tertiary/aromatic N) is 1. The van der Waals surface area contributed by atoms with E-state index in [0.29, 0.717) is 19.4 Å². The van der Waals surface area contributed by atoms with Crippen molar-refractivity contribution in [3.05, 3.63) is 29.8 Å². The molecule has 0 aliphatic carbocycles. The standard InChI is InChI=1S/C14H15F2NO4/c15-14(16)21-11-6-2-1-5-10(11)12(18)17-7-3-4-9(8-17)13(19)20/h1-2,5-6,9,14H,3-4,7-8H2,(H,19,20)/t9-/m1/s1. The van der Waals surface area contributed by atoms with Crippen LogP contribution in [-0.4, -0.2) is 41.6 Å². The average Bonchev–Trinajstić information content (AvgIpc) is 2.46. The number of aliphatic carboxylic acids is 1. The molecule has 7 heteroatoms. The number of piperidine rings is 1. The van der Waals surface area contributed by atoms with Crippen LogP contribution in [0, 0.1) is 5.92 Å². The van der Waals surface area contributed by atoms with Crippen molar-refractivity contribution in [3.8, 4) is 5.75 Å². The Hall–Kier alpha value is -2.18. The summed E-state index contributed by atoms with van der Waals surface area (Å²) < 4.78 is 29.0. The molecule has 0 saturated carbocycles. The van der Waals surface area contributed by atoms with Gasteiger partial charge in [0.15, 0.2) is 0 Å². The van der Waals surface area contributed by atoms with Crippen LogP contribution in [0.15, 0.2) is 24.3 Å². The molecule has 0 aromatic heterocycles. The predicted octanol–water partition coefficient (Wildman–Crippen LogP) is 2.22. The van der Waals surface area contributed by atoms with Crippen LogP contribution in [0.1, 0.15) is 23.2 Å². The van der Waals surface area contributed by atoms with E-state index in [0.717, 1.165) is 0 Å². The Morgan fingerprint density at radius 3 is 2.71 bits per heavy atom. The first kappa shape index (κ1) is 15.2. The highest BCUT2D eigenvalue weighted by Crippen LogP contribution is 2.25. The summed E-state index contributed by atoms with van der Waals surface area (Å²) in [7, 11) is 0.